The van der Waals surface area contributed by atoms with Crippen LogP contribution in [0.4, 0.5) is 0 Å². The lowest BCUT2D eigenvalue weighted by atomic mass is 10.1. The Morgan fingerprint density at radius 3 is 1.27 bits per heavy atom. The van der Waals surface area contributed by atoms with Crippen molar-refractivity contribution in [3.63, 3.8) is 0 Å². The molecule has 0 fully saturated rings. The summed E-state index contributed by atoms with van der Waals surface area (Å²) < 4.78 is 10.5. The SMILES string of the molecule is C[Si](C)(C)C#Cc1ccc(C(=O)OCCCOC(=O)c2ccc(C#C[Si](C)(C)C)cc2)cc1. The number of ether oxygens (including phenoxy) is 2. The van der Waals surface area contributed by atoms with Gasteiger partial charge in [0, 0.05) is 17.5 Å². The first kappa shape index (κ1) is 26.2. The van der Waals surface area contributed by atoms with Crippen LogP contribution in [0.5, 0.6) is 0 Å². The maximum Gasteiger partial charge on any atom is 0.338 e. The molecule has 0 heterocycles. The summed E-state index contributed by atoms with van der Waals surface area (Å²) >= 11 is 0. The molecule has 0 radical (unpaired) electrons. The van der Waals surface area contributed by atoms with E-state index in [4.69, 9.17) is 9.47 Å². The second-order valence-corrected chi connectivity index (χ2v) is 19.3. The van der Waals surface area contributed by atoms with E-state index in [1.807, 2.05) is 24.3 Å². The lowest BCUT2D eigenvalue weighted by molar-refractivity contribution is 0.0396. The molecule has 0 spiro atoms. The van der Waals surface area contributed by atoms with Crippen LogP contribution in [-0.2, 0) is 9.47 Å². The van der Waals surface area contributed by atoms with E-state index < -0.39 is 28.1 Å². The molecule has 0 saturated carbocycles. The molecule has 0 aliphatic heterocycles. The standard InChI is InChI=1S/C27H32O4Si2/c1-32(2,3)20-16-22-8-12-24(13-9-22)26(28)30-18-7-19-31-27(29)25-14-10-23(11-15-25)17-21-33(4,5)6/h8-15H,7,18-19H2,1-6H3. The van der Waals surface area contributed by atoms with Gasteiger partial charge in [0.15, 0.2) is 0 Å². The van der Waals surface area contributed by atoms with Crippen molar-refractivity contribution in [2.24, 2.45) is 0 Å². The van der Waals surface area contributed by atoms with Crippen molar-refractivity contribution in [2.45, 2.75) is 45.7 Å². The van der Waals surface area contributed by atoms with E-state index >= 15 is 0 Å². The van der Waals surface area contributed by atoms with Crippen LogP contribution in [0.25, 0.3) is 0 Å². The zero-order valence-corrected chi connectivity index (χ0v) is 22.4. The number of hydrogen-bond acceptors (Lipinski definition) is 4. The van der Waals surface area contributed by atoms with Gasteiger partial charge in [-0.15, -0.1) is 11.1 Å². The van der Waals surface area contributed by atoms with Crippen LogP contribution in [0, 0.1) is 22.9 Å². The minimum atomic E-state index is -1.44. The average molecular weight is 477 g/mol. The predicted molar refractivity (Wildman–Crippen MR) is 139 cm³/mol. The molecule has 0 bridgehead atoms. The van der Waals surface area contributed by atoms with E-state index in [-0.39, 0.29) is 13.2 Å². The van der Waals surface area contributed by atoms with Crippen LogP contribution in [0.3, 0.4) is 0 Å². The van der Waals surface area contributed by atoms with Gasteiger partial charge in [-0.2, -0.15) is 0 Å². The Labute approximate surface area is 199 Å². The molecule has 0 N–H and O–H groups in total. The van der Waals surface area contributed by atoms with E-state index in [0.29, 0.717) is 17.5 Å². The summed E-state index contributed by atoms with van der Waals surface area (Å²) in [5.74, 6) is 5.51. The van der Waals surface area contributed by atoms with Crippen molar-refractivity contribution in [1.82, 2.24) is 0 Å². The summed E-state index contributed by atoms with van der Waals surface area (Å²) in [4.78, 5) is 24.3. The van der Waals surface area contributed by atoms with E-state index in [9.17, 15) is 9.59 Å². The Morgan fingerprint density at radius 2 is 0.970 bits per heavy atom. The molecular formula is C27H32O4Si2. The molecule has 4 nitrogen and oxygen atoms in total. The largest absolute Gasteiger partial charge is 0.462 e. The second kappa shape index (κ2) is 11.7. The Morgan fingerprint density at radius 1 is 0.636 bits per heavy atom. The van der Waals surface area contributed by atoms with E-state index in [2.05, 4.69) is 62.2 Å². The zero-order chi connectivity index (χ0) is 24.5. The summed E-state index contributed by atoms with van der Waals surface area (Å²) in [5, 5.41) is 0. The van der Waals surface area contributed by atoms with Crippen molar-refractivity contribution in [1.29, 1.82) is 0 Å². The van der Waals surface area contributed by atoms with E-state index in [1.54, 1.807) is 24.3 Å². The van der Waals surface area contributed by atoms with Crippen molar-refractivity contribution < 1.29 is 19.1 Å². The van der Waals surface area contributed by atoms with Crippen LogP contribution in [0.2, 0.25) is 39.3 Å². The Balaban J connectivity index is 1.74. The summed E-state index contributed by atoms with van der Waals surface area (Å²) in [6.45, 7) is 13.5. The van der Waals surface area contributed by atoms with E-state index in [1.165, 1.54) is 0 Å². The average Bonchev–Trinajstić information content (AvgIpc) is 2.75. The number of carbonyl (C=O) groups excluding carboxylic acids is 2. The molecule has 0 aliphatic rings. The Hall–Kier alpha value is -3.07. The second-order valence-electron chi connectivity index (χ2n) is 9.78. The van der Waals surface area contributed by atoms with Crippen molar-refractivity contribution in [2.75, 3.05) is 13.2 Å². The topological polar surface area (TPSA) is 52.6 Å². The van der Waals surface area contributed by atoms with Gasteiger partial charge in [-0.3, -0.25) is 0 Å². The van der Waals surface area contributed by atoms with Gasteiger partial charge in [-0.25, -0.2) is 9.59 Å². The Kier molecular flexibility index (Phi) is 9.28. The molecule has 33 heavy (non-hydrogen) atoms. The first-order valence-electron chi connectivity index (χ1n) is 11.0. The lowest BCUT2D eigenvalue weighted by Gasteiger charge is -2.07. The van der Waals surface area contributed by atoms with Crippen LogP contribution >= 0.6 is 0 Å². The first-order chi connectivity index (χ1) is 15.4. The molecule has 0 unspecified atom stereocenters. The highest BCUT2D eigenvalue weighted by Crippen LogP contribution is 2.08. The third-order valence-electron chi connectivity index (χ3n) is 4.16. The normalized spacial score (nSPS) is 10.8. The minimum Gasteiger partial charge on any atom is -0.462 e. The van der Waals surface area contributed by atoms with Crippen molar-refractivity contribution in [3.05, 3.63) is 70.8 Å². The maximum atomic E-state index is 12.2. The molecule has 0 amide bonds. The number of carbonyl (C=O) groups is 2. The third kappa shape index (κ3) is 10.4. The van der Waals surface area contributed by atoms with Gasteiger partial charge >= 0.3 is 11.9 Å². The third-order valence-corrected chi connectivity index (χ3v) is 5.91. The van der Waals surface area contributed by atoms with Crippen LogP contribution in [0.15, 0.2) is 48.5 Å². The fourth-order valence-corrected chi connectivity index (χ4v) is 3.49. The highest BCUT2D eigenvalue weighted by atomic mass is 28.3. The smallest absolute Gasteiger partial charge is 0.338 e. The van der Waals surface area contributed by atoms with Gasteiger partial charge in [0.05, 0.1) is 24.3 Å². The molecule has 172 valence electrons. The van der Waals surface area contributed by atoms with Gasteiger partial charge in [-0.1, -0.05) is 51.1 Å². The summed E-state index contributed by atoms with van der Waals surface area (Å²) in [6, 6.07) is 14.2. The van der Waals surface area contributed by atoms with Crippen LogP contribution in [-0.4, -0.2) is 41.3 Å². The fraction of sp³-hybridized carbons (Fsp3) is 0.333. The number of rotatable bonds is 6. The number of hydrogen-bond donors (Lipinski definition) is 0. The first-order valence-corrected chi connectivity index (χ1v) is 18.0. The minimum absolute atomic E-state index is 0.175. The van der Waals surface area contributed by atoms with Crippen molar-refractivity contribution in [3.8, 4) is 22.9 Å². The van der Waals surface area contributed by atoms with Gasteiger partial charge in [0.1, 0.15) is 16.1 Å². The summed E-state index contributed by atoms with van der Waals surface area (Å²) in [7, 11) is -2.87. The zero-order valence-electron chi connectivity index (χ0n) is 20.4. The van der Waals surface area contributed by atoms with Gasteiger partial charge < -0.3 is 9.47 Å². The lowest BCUT2D eigenvalue weighted by Crippen LogP contribution is -2.16. The molecule has 0 aliphatic carbocycles. The quantitative estimate of drug-likeness (QED) is 0.237. The van der Waals surface area contributed by atoms with Gasteiger partial charge in [0.2, 0.25) is 0 Å². The molecule has 6 heteroatoms. The predicted octanol–water partition coefficient (Wildman–Crippen LogP) is 5.55. The molecule has 0 saturated heterocycles. The highest BCUT2D eigenvalue weighted by molar-refractivity contribution is 6.84. The number of benzene rings is 2. The Bertz CT molecular complexity index is 993. The fourth-order valence-electron chi connectivity index (χ4n) is 2.45. The van der Waals surface area contributed by atoms with Crippen molar-refractivity contribution >= 4 is 28.1 Å². The van der Waals surface area contributed by atoms with Crippen LogP contribution < -0.4 is 0 Å². The molecule has 0 aromatic heterocycles. The highest BCUT2D eigenvalue weighted by Gasteiger charge is 2.10. The number of esters is 2. The van der Waals surface area contributed by atoms with E-state index in [0.717, 1.165) is 11.1 Å². The van der Waals surface area contributed by atoms with Crippen LogP contribution in [0.1, 0.15) is 38.3 Å². The molecule has 2 aromatic carbocycles. The molecule has 2 rings (SSSR count). The summed E-state index contributed by atoms with van der Waals surface area (Å²) in [5.41, 5.74) is 9.31. The molecule has 0 atom stereocenters. The molecule has 2 aromatic rings. The molecular weight excluding hydrogens is 444 g/mol. The monoisotopic (exact) mass is 476 g/mol. The van der Waals surface area contributed by atoms with Gasteiger partial charge in [0.25, 0.3) is 0 Å². The van der Waals surface area contributed by atoms with Gasteiger partial charge in [-0.05, 0) is 48.5 Å². The maximum absolute atomic E-state index is 12.2. The summed E-state index contributed by atoms with van der Waals surface area (Å²) in [6.07, 6.45) is 0.428.